The maximum atomic E-state index is 4.68. The molecule has 20 heavy (non-hydrogen) atoms. The molecule has 0 aliphatic heterocycles. The van der Waals surface area contributed by atoms with Gasteiger partial charge in [0.05, 0.1) is 0 Å². The molecule has 0 bridgehead atoms. The minimum atomic E-state index is 0.392. The second-order valence-corrected chi connectivity index (χ2v) is 5.04. The van der Waals surface area contributed by atoms with Crippen LogP contribution in [0.1, 0.15) is 20.8 Å². The summed E-state index contributed by atoms with van der Waals surface area (Å²) in [5, 5.41) is 3.27. The Balaban J connectivity index is 2.46. The fourth-order valence-electron chi connectivity index (χ4n) is 1.87. The Bertz CT molecular complexity index is 552. The first kappa shape index (κ1) is 14.3. The minimum absolute atomic E-state index is 0.392. The third-order valence-electron chi connectivity index (χ3n) is 3.24. The Hall–Kier alpha value is -2.10. The van der Waals surface area contributed by atoms with E-state index in [0.29, 0.717) is 6.04 Å². The Morgan fingerprint density at radius 2 is 1.85 bits per heavy atom. The van der Waals surface area contributed by atoms with Crippen LogP contribution in [0.5, 0.6) is 0 Å². The fraction of sp³-hybridized carbons (Fsp3) is 0.375. The SMILES string of the molecule is CCNc1cc(N(C)C(C)C)nc(-c2ccccc2)n1. The maximum Gasteiger partial charge on any atom is 0.163 e. The first-order valence-electron chi connectivity index (χ1n) is 7.03. The molecule has 1 N–H and O–H groups in total. The predicted octanol–water partition coefficient (Wildman–Crippen LogP) is 3.42. The predicted molar refractivity (Wildman–Crippen MR) is 85.2 cm³/mol. The van der Waals surface area contributed by atoms with Gasteiger partial charge in [0, 0.05) is 31.3 Å². The summed E-state index contributed by atoms with van der Waals surface area (Å²) in [5.74, 6) is 2.56. The number of hydrogen-bond donors (Lipinski definition) is 1. The molecule has 1 aromatic heterocycles. The van der Waals surface area contributed by atoms with Crippen LogP contribution in [0, 0.1) is 0 Å². The van der Waals surface area contributed by atoms with Crippen LogP contribution in [0.4, 0.5) is 11.6 Å². The van der Waals surface area contributed by atoms with E-state index in [1.807, 2.05) is 36.4 Å². The van der Waals surface area contributed by atoms with Crippen molar-refractivity contribution in [3.63, 3.8) is 0 Å². The molecule has 106 valence electrons. The van der Waals surface area contributed by atoms with Crippen LogP contribution in [-0.4, -0.2) is 29.6 Å². The maximum absolute atomic E-state index is 4.68. The van der Waals surface area contributed by atoms with Gasteiger partial charge in [0.15, 0.2) is 5.82 Å². The topological polar surface area (TPSA) is 41.0 Å². The highest BCUT2D eigenvalue weighted by molar-refractivity contribution is 5.61. The third kappa shape index (κ3) is 3.26. The highest BCUT2D eigenvalue weighted by Crippen LogP contribution is 2.22. The molecular weight excluding hydrogens is 248 g/mol. The van der Waals surface area contributed by atoms with Crippen molar-refractivity contribution in [2.45, 2.75) is 26.8 Å². The van der Waals surface area contributed by atoms with Crippen molar-refractivity contribution in [3.05, 3.63) is 36.4 Å². The van der Waals surface area contributed by atoms with Crippen molar-refractivity contribution < 1.29 is 0 Å². The van der Waals surface area contributed by atoms with Crippen molar-refractivity contribution in [2.75, 3.05) is 23.8 Å². The van der Waals surface area contributed by atoms with Crippen molar-refractivity contribution in [2.24, 2.45) is 0 Å². The lowest BCUT2D eigenvalue weighted by molar-refractivity contribution is 0.742. The molecular formula is C16H22N4. The smallest absolute Gasteiger partial charge is 0.163 e. The van der Waals surface area contributed by atoms with E-state index in [0.717, 1.165) is 29.6 Å². The number of rotatable bonds is 5. The van der Waals surface area contributed by atoms with E-state index in [1.54, 1.807) is 0 Å². The van der Waals surface area contributed by atoms with Gasteiger partial charge in [0.25, 0.3) is 0 Å². The van der Waals surface area contributed by atoms with E-state index in [9.17, 15) is 0 Å². The van der Waals surface area contributed by atoms with Gasteiger partial charge in [0.2, 0.25) is 0 Å². The summed E-state index contributed by atoms with van der Waals surface area (Å²) >= 11 is 0. The van der Waals surface area contributed by atoms with E-state index in [1.165, 1.54) is 0 Å². The fourth-order valence-corrected chi connectivity index (χ4v) is 1.87. The standard InChI is InChI=1S/C16H22N4/c1-5-17-14-11-15(20(4)12(2)3)19-16(18-14)13-9-7-6-8-10-13/h6-12H,5H2,1-4H3,(H,17,18,19). The Morgan fingerprint density at radius 1 is 1.15 bits per heavy atom. The van der Waals surface area contributed by atoms with Crippen molar-refractivity contribution in [1.29, 1.82) is 0 Å². The lowest BCUT2D eigenvalue weighted by atomic mass is 10.2. The van der Waals surface area contributed by atoms with Gasteiger partial charge < -0.3 is 10.2 Å². The molecule has 0 radical (unpaired) electrons. The molecule has 0 aliphatic rings. The Labute approximate surface area is 120 Å². The van der Waals surface area contributed by atoms with Gasteiger partial charge in [-0.3, -0.25) is 0 Å². The van der Waals surface area contributed by atoms with Gasteiger partial charge in [0.1, 0.15) is 11.6 Å². The first-order valence-corrected chi connectivity index (χ1v) is 7.03. The molecule has 0 amide bonds. The van der Waals surface area contributed by atoms with Crippen molar-refractivity contribution in [1.82, 2.24) is 9.97 Å². The largest absolute Gasteiger partial charge is 0.370 e. The normalized spacial score (nSPS) is 10.7. The van der Waals surface area contributed by atoms with Crippen LogP contribution in [0.3, 0.4) is 0 Å². The van der Waals surface area contributed by atoms with Crippen molar-refractivity contribution >= 4 is 11.6 Å². The summed E-state index contributed by atoms with van der Waals surface area (Å²) in [7, 11) is 2.05. The van der Waals surface area contributed by atoms with Crippen LogP contribution in [0.25, 0.3) is 11.4 Å². The highest BCUT2D eigenvalue weighted by Gasteiger charge is 2.11. The van der Waals surface area contributed by atoms with Gasteiger partial charge in [-0.25, -0.2) is 9.97 Å². The summed E-state index contributed by atoms with van der Waals surface area (Å²) in [4.78, 5) is 11.4. The lowest BCUT2D eigenvalue weighted by Gasteiger charge is -2.23. The Kier molecular flexibility index (Phi) is 4.56. The average Bonchev–Trinajstić information content (AvgIpc) is 2.47. The molecule has 4 heteroatoms. The summed E-state index contributed by atoms with van der Waals surface area (Å²) in [6.45, 7) is 7.21. The van der Waals surface area contributed by atoms with Gasteiger partial charge in [-0.1, -0.05) is 30.3 Å². The third-order valence-corrected chi connectivity index (χ3v) is 3.24. The van der Waals surface area contributed by atoms with E-state index in [-0.39, 0.29) is 0 Å². The molecule has 2 rings (SSSR count). The minimum Gasteiger partial charge on any atom is -0.370 e. The van der Waals surface area contributed by atoms with Crippen LogP contribution >= 0.6 is 0 Å². The molecule has 0 spiro atoms. The van der Waals surface area contributed by atoms with E-state index in [4.69, 9.17) is 0 Å². The summed E-state index contributed by atoms with van der Waals surface area (Å²) in [6.07, 6.45) is 0. The number of anilines is 2. The monoisotopic (exact) mass is 270 g/mol. The van der Waals surface area contributed by atoms with Crippen LogP contribution in [0.2, 0.25) is 0 Å². The molecule has 0 atom stereocenters. The molecule has 0 unspecified atom stereocenters. The summed E-state index contributed by atoms with van der Waals surface area (Å²) in [6, 6.07) is 12.5. The molecule has 0 saturated heterocycles. The zero-order valence-electron chi connectivity index (χ0n) is 12.6. The molecule has 0 saturated carbocycles. The van der Waals surface area contributed by atoms with Gasteiger partial charge in [-0.05, 0) is 20.8 Å². The van der Waals surface area contributed by atoms with Crippen LogP contribution in [-0.2, 0) is 0 Å². The van der Waals surface area contributed by atoms with Crippen LogP contribution in [0.15, 0.2) is 36.4 Å². The second-order valence-electron chi connectivity index (χ2n) is 5.04. The first-order chi connectivity index (χ1) is 9.61. The van der Waals surface area contributed by atoms with Gasteiger partial charge in [-0.15, -0.1) is 0 Å². The number of hydrogen-bond acceptors (Lipinski definition) is 4. The molecule has 1 heterocycles. The Morgan fingerprint density at radius 3 is 2.45 bits per heavy atom. The average molecular weight is 270 g/mol. The number of aromatic nitrogens is 2. The van der Waals surface area contributed by atoms with Gasteiger partial charge in [-0.2, -0.15) is 0 Å². The number of benzene rings is 1. The highest BCUT2D eigenvalue weighted by atomic mass is 15.2. The van der Waals surface area contributed by atoms with Crippen LogP contribution < -0.4 is 10.2 Å². The van der Waals surface area contributed by atoms with Crippen molar-refractivity contribution in [3.8, 4) is 11.4 Å². The molecule has 4 nitrogen and oxygen atoms in total. The van der Waals surface area contributed by atoms with E-state index in [2.05, 4.69) is 48.0 Å². The lowest BCUT2D eigenvalue weighted by Crippen LogP contribution is -2.27. The second kappa shape index (κ2) is 6.37. The zero-order valence-corrected chi connectivity index (χ0v) is 12.6. The molecule has 0 fully saturated rings. The van der Waals surface area contributed by atoms with E-state index < -0.39 is 0 Å². The zero-order chi connectivity index (χ0) is 14.5. The van der Waals surface area contributed by atoms with Gasteiger partial charge >= 0.3 is 0 Å². The molecule has 1 aromatic carbocycles. The molecule has 0 aliphatic carbocycles. The number of nitrogens with zero attached hydrogens (tertiary/aromatic N) is 3. The number of nitrogens with one attached hydrogen (secondary N) is 1. The summed E-state index contributed by atoms with van der Waals surface area (Å²) in [5.41, 5.74) is 1.03. The summed E-state index contributed by atoms with van der Waals surface area (Å²) < 4.78 is 0. The quantitative estimate of drug-likeness (QED) is 0.904. The molecule has 2 aromatic rings. The van der Waals surface area contributed by atoms with E-state index >= 15 is 0 Å².